The number of aliphatic hydroxyl groups is 2. The zero-order valence-electron chi connectivity index (χ0n) is 24.0. The summed E-state index contributed by atoms with van der Waals surface area (Å²) >= 11 is 5.81. The number of Topliss-reactive ketones (excluding diaryl/α,β-unsaturated/α-hetero) is 3. The molecular formula is C31H29ClN4O8. The number of halogens is 1. The molecule has 0 radical (unpaired) electrons. The first-order valence-electron chi connectivity index (χ1n) is 13.1. The summed E-state index contributed by atoms with van der Waals surface area (Å²) < 4.78 is 4.69. The maximum Gasteiger partial charge on any atom is 0.381 e. The molecule has 44 heavy (non-hydrogen) atoms. The molecule has 0 aromatic heterocycles. The number of carbonyl (C=O) groups excluding carboxylic acids is 5. The summed E-state index contributed by atoms with van der Waals surface area (Å²) in [5, 5.41) is 30.7. The van der Waals surface area contributed by atoms with Crippen molar-refractivity contribution in [3.63, 3.8) is 0 Å². The lowest BCUT2D eigenvalue weighted by atomic mass is 10.1. The van der Waals surface area contributed by atoms with Gasteiger partial charge in [0.1, 0.15) is 0 Å². The number of nitrogens with zero attached hydrogens (tertiary/aromatic N) is 4. The van der Waals surface area contributed by atoms with E-state index in [0.717, 1.165) is 5.01 Å². The number of azo groups is 1. The monoisotopic (exact) mass is 620 g/mol. The van der Waals surface area contributed by atoms with Gasteiger partial charge in [0.2, 0.25) is 0 Å². The van der Waals surface area contributed by atoms with E-state index in [1.54, 1.807) is 74.5 Å². The Balaban J connectivity index is 0.000000304. The van der Waals surface area contributed by atoms with Crippen molar-refractivity contribution in [1.29, 1.82) is 0 Å². The van der Waals surface area contributed by atoms with Gasteiger partial charge in [-0.25, -0.2) is 4.79 Å². The molecule has 0 bridgehead atoms. The number of hydrazone groups is 1. The summed E-state index contributed by atoms with van der Waals surface area (Å²) in [7, 11) is 0. The molecule has 2 N–H and O–H groups in total. The van der Waals surface area contributed by atoms with Crippen molar-refractivity contribution in [3.8, 4) is 0 Å². The maximum atomic E-state index is 12.3. The minimum atomic E-state index is -1.12. The van der Waals surface area contributed by atoms with Gasteiger partial charge in [0, 0.05) is 24.1 Å². The van der Waals surface area contributed by atoms with Gasteiger partial charge in [-0.3, -0.25) is 19.2 Å². The second-order valence-electron chi connectivity index (χ2n) is 8.39. The molecule has 4 rings (SSSR count). The van der Waals surface area contributed by atoms with Crippen LogP contribution in [0.15, 0.2) is 106 Å². The highest BCUT2D eigenvalue weighted by atomic mass is 35.5. The van der Waals surface area contributed by atoms with Gasteiger partial charge in [0.15, 0.2) is 23.0 Å². The molecule has 0 atom stereocenters. The summed E-state index contributed by atoms with van der Waals surface area (Å²) in [6.45, 7) is 4.73. The van der Waals surface area contributed by atoms with Crippen LogP contribution < -0.4 is 5.01 Å². The number of para-hydroxylation sites is 1. The Labute approximate surface area is 257 Å². The van der Waals surface area contributed by atoms with E-state index < -0.39 is 40.7 Å². The number of ketones is 3. The lowest BCUT2D eigenvalue weighted by Gasteiger charge is -2.09. The van der Waals surface area contributed by atoms with Crippen molar-refractivity contribution in [2.24, 2.45) is 15.3 Å². The first-order valence-corrected chi connectivity index (χ1v) is 13.4. The lowest BCUT2D eigenvalue weighted by Crippen LogP contribution is -2.28. The van der Waals surface area contributed by atoms with E-state index in [4.69, 9.17) is 16.7 Å². The third-order valence-electron chi connectivity index (χ3n) is 5.18. The quantitative estimate of drug-likeness (QED) is 0.116. The highest BCUT2D eigenvalue weighted by molar-refractivity contribution is 6.82. The Hall–Kier alpha value is -5.33. The SMILES string of the molecule is CC(=O)C1=NN(c2ccccc2)C(=O)C1=O.CCO.CCOC(=O)C(=O)C(N=Nc1ccccc1)=C(O)c1ccc(Cl)cc1. The molecule has 3 aromatic carbocycles. The van der Waals surface area contributed by atoms with Gasteiger partial charge < -0.3 is 14.9 Å². The van der Waals surface area contributed by atoms with Gasteiger partial charge in [-0.15, -0.1) is 5.11 Å². The van der Waals surface area contributed by atoms with Crippen molar-refractivity contribution >= 4 is 63.7 Å². The molecule has 1 amide bonds. The first-order chi connectivity index (χ1) is 21.0. The topological polar surface area (TPSA) is 175 Å². The fraction of sp³-hybridized carbons (Fsp3) is 0.161. The normalized spacial score (nSPS) is 12.8. The molecule has 13 heteroatoms. The van der Waals surface area contributed by atoms with Gasteiger partial charge in [-0.2, -0.15) is 15.2 Å². The molecule has 0 aliphatic carbocycles. The highest BCUT2D eigenvalue weighted by Gasteiger charge is 2.37. The Morgan fingerprint density at radius 2 is 1.45 bits per heavy atom. The zero-order valence-corrected chi connectivity index (χ0v) is 24.8. The number of rotatable bonds is 8. The number of amides is 1. The molecule has 228 valence electrons. The molecule has 0 saturated carbocycles. The molecule has 3 aromatic rings. The molecule has 0 saturated heterocycles. The van der Waals surface area contributed by atoms with Crippen molar-refractivity contribution in [2.75, 3.05) is 18.2 Å². The van der Waals surface area contributed by atoms with Crippen molar-refractivity contribution in [3.05, 3.63) is 101 Å². The van der Waals surface area contributed by atoms with Gasteiger partial charge in [-0.1, -0.05) is 48.0 Å². The third-order valence-corrected chi connectivity index (χ3v) is 5.43. The standard InChI is InChI=1S/C18H15ClN2O4.C11H8N2O3.C2H6O/c1-2-25-18(24)17(23)15(21-20-14-6-4-3-5-7-14)16(22)12-8-10-13(19)11-9-12;1-7(14)9-10(15)11(16)13(12-9)8-5-3-2-4-6-8;1-2-3/h3-11,22H,2H2,1H3;2-6H,1H3;3H,2H2,1H3. The van der Waals surface area contributed by atoms with E-state index in [2.05, 4.69) is 20.1 Å². The van der Waals surface area contributed by atoms with Crippen LogP contribution in [0.1, 0.15) is 26.3 Å². The summed E-state index contributed by atoms with van der Waals surface area (Å²) in [5.74, 6) is -4.85. The smallest absolute Gasteiger partial charge is 0.381 e. The molecule has 0 unspecified atom stereocenters. The number of esters is 1. The number of benzene rings is 3. The van der Waals surface area contributed by atoms with Crippen LogP contribution in [0, 0.1) is 0 Å². The number of anilines is 1. The van der Waals surface area contributed by atoms with E-state index in [0.29, 0.717) is 16.4 Å². The predicted molar refractivity (Wildman–Crippen MR) is 163 cm³/mol. The predicted octanol–water partition coefficient (Wildman–Crippen LogP) is 5.03. The minimum absolute atomic E-state index is 0.0232. The van der Waals surface area contributed by atoms with E-state index >= 15 is 0 Å². The van der Waals surface area contributed by atoms with E-state index in [-0.39, 0.29) is 24.5 Å². The summed E-state index contributed by atoms with van der Waals surface area (Å²) in [4.78, 5) is 58.0. The Bertz CT molecular complexity index is 1570. The van der Waals surface area contributed by atoms with E-state index in [9.17, 15) is 29.1 Å². The van der Waals surface area contributed by atoms with Gasteiger partial charge in [-0.05, 0) is 62.4 Å². The van der Waals surface area contributed by atoms with Crippen LogP contribution in [-0.4, -0.2) is 58.4 Å². The molecule has 1 heterocycles. The fourth-order valence-corrected chi connectivity index (χ4v) is 3.33. The Morgan fingerprint density at radius 3 is 1.95 bits per heavy atom. The molecule has 0 spiro atoms. The average Bonchev–Trinajstić information content (AvgIpc) is 3.33. The van der Waals surface area contributed by atoms with Gasteiger partial charge in [0.05, 0.1) is 18.0 Å². The highest BCUT2D eigenvalue weighted by Crippen LogP contribution is 2.23. The van der Waals surface area contributed by atoms with Crippen molar-refractivity contribution < 1.29 is 38.9 Å². The molecule has 1 aliphatic rings. The van der Waals surface area contributed by atoms with E-state index in [1.165, 1.54) is 31.2 Å². The van der Waals surface area contributed by atoms with Crippen LogP contribution in [0.5, 0.6) is 0 Å². The van der Waals surface area contributed by atoms with Crippen molar-refractivity contribution in [2.45, 2.75) is 20.8 Å². The second kappa shape index (κ2) is 17.6. The fourth-order valence-electron chi connectivity index (χ4n) is 3.20. The van der Waals surface area contributed by atoms with Crippen LogP contribution in [0.4, 0.5) is 11.4 Å². The number of hydrogen-bond donors (Lipinski definition) is 2. The number of carbonyl (C=O) groups is 5. The minimum Gasteiger partial charge on any atom is -0.505 e. The Morgan fingerprint density at radius 1 is 0.909 bits per heavy atom. The molecule has 12 nitrogen and oxygen atoms in total. The van der Waals surface area contributed by atoms with Crippen LogP contribution in [0.3, 0.4) is 0 Å². The maximum absolute atomic E-state index is 12.3. The summed E-state index contributed by atoms with van der Waals surface area (Å²) in [6, 6.07) is 23.1. The second-order valence-corrected chi connectivity index (χ2v) is 8.83. The zero-order chi connectivity index (χ0) is 32.6. The van der Waals surface area contributed by atoms with Gasteiger partial charge in [0.25, 0.3) is 11.6 Å². The number of aliphatic hydroxyl groups excluding tert-OH is 2. The number of ether oxygens (including phenoxy) is 1. The van der Waals surface area contributed by atoms with E-state index in [1.807, 2.05) is 0 Å². The molecule has 1 aliphatic heterocycles. The first kappa shape index (κ1) is 34.9. The van der Waals surface area contributed by atoms with Crippen molar-refractivity contribution in [1.82, 2.24) is 0 Å². The van der Waals surface area contributed by atoms with Crippen LogP contribution in [0.2, 0.25) is 5.02 Å². The largest absolute Gasteiger partial charge is 0.505 e. The molecule has 0 fully saturated rings. The Kier molecular flexibility index (Phi) is 13.9. The molecular weight excluding hydrogens is 592 g/mol. The van der Waals surface area contributed by atoms with Gasteiger partial charge >= 0.3 is 11.9 Å². The number of hydrogen-bond acceptors (Lipinski definition) is 11. The lowest BCUT2D eigenvalue weighted by molar-refractivity contribution is -0.151. The van der Waals surface area contributed by atoms with Crippen LogP contribution in [0.25, 0.3) is 5.76 Å². The summed E-state index contributed by atoms with van der Waals surface area (Å²) in [5.41, 5.74) is 0.375. The summed E-state index contributed by atoms with van der Waals surface area (Å²) in [6.07, 6.45) is 0. The van der Waals surface area contributed by atoms with Crippen LogP contribution >= 0.6 is 11.6 Å². The third kappa shape index (κ3) is 9.89. The van der Waals surface area contributed by atoms with Crippen LogP contribution in [-0.2, 0) is 28.7 Å². The average molecular weight is 621 g/mol.